The first-order chi connectivity index (χ1) is 8.25. The maximum atomic E-state index is 11.5. The molecule has 1 aliphatic carbocycles. The maximum absolute atomic E-state index is 11.5. The third kappa shape index (κ3) is 3.56. The molecule has 1 N–H and O–H groups in total. The number of carbonyl (C=O) groups excluding carboxylic acids is 1. The summed E-state index contributed by atoms with van der Waals surface area (Å²) in [6.45, 7) is 0. The summed E-state index contributed by atoms with van der Waals surface area (Å²) in [5.41, 5.74) is 2.45. The highest BCUT2D eigenvalue weighted by atomic mass is 79.9. The number of amides is 1. The van der Waals surface area contributed by atoms with E-state index in [1.54, 1.807) is 18.3 Å². The Balaban J connectivity index is 1.83. The predicted octanol–water partition coefficient (Wildman–Crippen LogP) is 3.11. The first-order valence-corrected chi connectivity index (χ1v) is 6.29. The zero-order chi connectivity index (χ0) is 12.1. The van der Waals surface area contributed by atoms with E-state index in [1.165, 1.54) is 0 Å². The first kappa shape index (κ1) is 12.1. The maximum Gasteiger partial charge on any atom is 0.307 e. The Bertz CT molecular complexity index is 451. The Morgan fingerprint density at radius 1 is 1.53 bits per heavy atom. The summed E-state index contributed by atoms with van der Waals surface area (Å²) in [6.07, 6.45) is 9.26. The molecule has 0 aliphatic heterocycles. The normalized spacial score (nSPS) is 19.7. The van der Waals surface area contributed by atoms with Crippen LogP contribution in [0.3, 0.4) is 0 Å². The lowest BCUT2D eigenvalue weighted by atomic mass is 9.96. The van der Waals surface area contributed by atoms with Crippen molar-refractivity contribution in [3.05, 3.63) is 34.7 Å². The van der Waals surface area contributed by atoms with Gasteiger partial charge in [0.15, 0.2) is 10.4 Å². The highest BCUT2D eigenvalue weighted by molar-refractivity contribution is 9.10. The third-order valence-corrected chi connectivity index (χ3v) is 2.98. The number of hydrogen-bond donors (Lipinski definition) is 1. The van der Waals surface area contributed by atoms with Crippen LogP contribution in [0.25, 0.3) is 0 Å². The average Bonchev–Trinajstić information content (AvgIpc) is 2.77. The van der Waals surface area contributed by atoms with Crippen molar-refractivity contribution >= 4 is 28.1 Å². The Morgan fingerprint density at radius 3 is 3.06 bits per heavy atom. The summed E-state index contributed by atoms with van der Waals surface area (Å²) in [5, 5.41) is 3.95. The quantitative estimate of drug-likeness (QED) is 0.529. The Morgan fingerprint density at radius 2 is 2.41 bits per heavy atom. The zero-order valence-corrected chi connectivity index (χ0v) is 10.8. The van der Waals surface area contributed by atoms with Gasteiger partial charge in [-0.1, -0.05) is 12.2 Å². The molecule has 1 aromatic rings. The standard InChI is InChI=1S/C12H13BrN2O2/c13-11-7-6-10(17-11)12(16)15-14-8-9-4-2-1-3-5-9/h1-2,6-9H,3-5H2,(H,15,16)/t9-/m1/s1. The lowest BCUT2D eigenvalue weighted by Crippen LogP contribution is -2.18. The van der Waals surface area contributed by atoms with E-state index in [9.17, 15) is 4.79 Å². The molecule has 5 heteroatoms. The number of allylic oxidation sites excluding steroid dienone is 2. The highest BCUT2D eigenvalue weighted by Gasteiger charge is 2.10. The van der Waals surface area contributed by atoms with E-state index in [4.69, 9.17) is 4.42 Å². The van der Waals surface area contributed by atoms with Gasteiger partial charge in [-0.05, 0) is 53.2 Å². The second kappa shape index (κ2) is 5.82. The van der Waals surface area contributed by atoms with Crippen LogP contribution in [-0.4, -0.2) is 12.1 Å². The van der Waals surface area contributed by atoms with Crippen LogP contribution in [-0.2, 0) is 0 Å². The molecular weight excluding hydrogens is 284 g/mol. The van der Waals surface area contributed by atoms with Crippen LogP contribution < -0.4 is 5.43 Å². The van der Waals surface area contributed by atoms with Crippen LogP contribution in [0.1, 0.15) is 29.8 Å². The van der Waals surface area contributed by atoms with Crippen LogP contribution in [0.15, 0.2) is 38.5 Å². The van der Waals surface area contributed by atoms with Gasteiger partial charge in [0.2, 0.25) is 0 Å². The molecular formula is C12H13BrN2O2. The predicted molar refractivity (Wildman–Crippen MR) is 68.8 cm³/mol. The fourth-order valence-electron chi connectivity index (χ4n) is 1.65. The average molecular weight is 297 g/mol. The van der Waals surface area contributed by atoms with Crippen LogP contribution in [0.4, 0.5) is 0 Å². The van der Waals surface area contributed by atoms with Gasteiger partial charge in [0.05, 0.1) is 0 Å². The second-order valence-electron chi connectivity index (χ2n) is 3.87. The van der Waals surface area contributed by atoms with Crippen molar-refractivity contribution in [3.8, 4) is 0 Å². The van der Waals surface area contributed by atoms with E-state index in [0.29, 0.717) is 10.6 Å². The SMILES string of the molecule is O=C(NN=C[C@@H]1CC=CCC1)c1ccc(Br)o1. The molecule has 0 saturated carbocycles. The summed E-state index contributed by atoms with van der Waals surface area (Å²) in [4.78, 5) is 11.5. The van der Waals surface area contributed by atoms with Crippen molar-refractivity contribution in [1.29, 1.82) is 0 Å². The van der Waals surface area contributed by atoms with Crippen LogP contribution in [0.5, 0.6) is 0 Å². The number of rotatable bonds is 3. The molecule has 0 saturated heterocycles. The molecule has 1 aromatic heterocycles. The molecule has 4 nitrogen and oxygen atoms in total. The van der Waals surface area contributed by atoms with Crippen molar-refractivity contribution in [1.82, 2.24) is 5.43 Å². The Labute approximate surface area is 108 Å². The summed E-state index contributed by atoms with van der Waals surface area (Å²) in [5.74, 6) is 0.333. The molecule has 0 fully saturated rings. The molecule has 2 rings (SSSR count). The summed E-state index contributed by atoms with van der Waals surface area (Å²) < 4.78 is 5.64. The number of nitrogens with one attached hydrogen (secondary N) is 1. The van der Waals surface area contributed by atoms with Gasteiger partial charge in [0, 0.05) is 6.21 Å². The van der Waals surface area contributed by atoms with E-state index < -0.39 is 0 Å². The third-order valence-electron chi connectivity index (χ3n) is 2.56. The Hall–Kier alpha value is -1.36. The topological polar surface area (TPSA) is 54.6 Å². The minimum atomic E-state index is -0.335. The van der Waals surface area contributed by atoms with E-state index in [1.807, 2.05) is 0 Å². The molecule has 0 spiro atoms. The van der Waals surface area contributed by atoms with Crippen molar-refractivity contribution in [2.75, 3.05) is 0 Å². The van der Waals surface area contributed by atoms with Gasteiger partial charge >= 0.3 is 5.91 Å². The molecule has 0 radical (unpaired) electrons. The van der Waals surface area contributed by atoms with E-state index >= 15 is 0 Å². The smallest absolute Gasteiger partial charge is 0.307 e. The number of nitrogens with zero attached hydrogens (tertiary/aromatic N) is 1. The summed E-state index contributed by atoms with van der Waals surface area (Å²) in [6, 6.07) is 3.27. The van der Waals surface area contributed by atoms with Gasteiger partial charge < -0.3 is 4.42 Å². The van der Waals surface area contributed by atoms with Crippen molar-refractivity contribution in [2.45, 2.75) is 19.3 Å². The Kier molecular flexibility index (Phi) is 4.14. The lowest BCUT2D eigenvalue weighted by molar-refractivity contribution is 0.0926. The van der Waals surface area contributed by atoms with Crippen molar-refractivity contribution in [2.24, 2.45) is 11.0 Å². The van der Waals surface area contributed by atoms with Crippen LogP contribution in [0, 0.1) is 5.92 Å². The van der Waals surface area contributed by atoms with Gasteiger partial charge in [-0.2, -0.15) is 5.10 Å². The number of halogens is 1. The molecule has 90 valence electrons. The molecule has 0 bridgehead atoms. The molecule has 1 heterocycles. The number of furan rings is 1. The van der Waals surface area contributed by atoms with Crippen LogP contribution >= 0.6 is 15.9 Å². The minimum absolute atomic E-state index is 0.248. The summed E-state index contributed by atoms with van der Waals surface area (Å²) >= 11 is 3.14. The lowest BCUT2D eigenvalue weighted by Gasteiger charge is -2.11. The number of hydrazone groups is 1. The zero-order valence-electron chi connectivity index (χ0n) is 9.23. The second-order valence-corrected chi connectivity index (χ2v) is 4.65. The van der Waals surface area contributed by atoms with Crippen molar-refractivity contribution < 1.29 is 9.21 Å². The molecule has 1 aliphatic rings. The minimum Gasteiger partial charge on any atom is -0.444 e. The molecule has 1 amide bonds. The molecule has 1 atom stereocenters. The van der Waals surface area contributed by atoms with Crippen LogP contribution in [0.2, 0.25) is 0 Å². The van der Waals surface area contributed by atoms with Gasteiger partial charge in [-0.15, -0.1) is 0 Å². The fraction of sp³-hybridized carbons (Fsp3) is 0.333. The largest absolute Gasteiger partial charge is 0.444 e. The van der Waals surface area contributed by atoms with E-state index in [2.05, 4.69) is 38.6 Å². The van der Waals surface area contributed by atoms with Gasteiger partial charge in [0.25, 0.3) is 0 Å². The number of carbonyl (C=O) groups is 1. The first-order valence-electron chi connectivity index (χ1n) is 5.49. The monoisotopic (exact) mass is 296 g/mol. The molecule has 0 aromatic carbocycles. The van der Waals surface area contributed by atoms with E-state index in [-0.39, 0.29) is 11.7 Å². The number of hydrogen-bond acceptors (Lipinski definition) is 3. The van der Waals surface area contributed by atoms with Gasteiger partial charge in [-0.25, -0.2) is 5.43 Å². The van der Waals surface area contributed by atoms with Crippen molar-refractivity contribution in [3.63, 3.8) is 0 Å². The van der Waals surface area contributed by atoms with Gasteiger partial charge in [-0.3, -0.25) is 4.79 Å². The fourth-order valence-corrected chi connectivity index (χ4v) is 1.95. The highest BCUT2D eigenvalue weighted by Crippen LogP contribution is 2.16. The summed E-state index contributed by atoms with van der Waals surface area (Å²) in [7, 11) is 0. The van der Waals surface area contributed by atoms with Gasteiger partial charge in [0.1, 0.15) is 0 Å². The molecule has 17 heavy (non-hydrogen) atoms. The van der Waals surface area contributed by atoms with E-state index in [0.717, 1.165) is 19.3 Å². The molecule has 0 unspecified atom stereocenters.